The van der Waals surface area contributed by atoms with Crippen LogP contribution in [0, 0.1) is 34.3 Å². The molecular weight excluding hydrogens is 280 g/mol. The van der Waals surface area contributed by atoms with Crippen LogP contribution in [-0.4, -0.2) is 22.6 Å². The Kier molecular flexibility index (Phi) is 4.93. The maximum absolute atomic E-state index is 12.5. The predicted molar refractivity (Wildman–Crippen MR) is 87.4 cm³/mol. The summed E-state index contributed by atoms with van der Waals surface area (Å²) in [5, 5.41) is 22.9. The second-order valence-corrected chi connectivity index (χ2v) is 8.63. The van der Waals surface area contributed by atoms with Crippen molar-refractivity contribution >= 4 is 0 Å². The van der Waals surface area contributed by atoms with Gasteiger partial charge in [-0.1, -0.05) is 34.6 Å². The summed E-state index contributed by atoms with van der Waals surface area (Å²) in [6.45, 7) is 10.4. The van der Waals surface area contributed by atoms with Gasteiger partial charge in [0.15, 0.2) is 0 Å². The van der Waals surface area contributed by atoms with Gasteiger partial charge < -0.3 is 20.9 Å². The quantitative estimate of drug-likeness (QED) is 0.579. The molecule has 0 bridgehead atoms. The van der Waals surface area contributed by atoms with E-state index < -0.39 is 5.66 Å². The number of hydrogen-bond donors (Lipinski definition) is 2. The molecule has 3 N–H and O–H groups in total. The van der Waals surface area contributed by atoms with Crippen molar-refractivity contribution in [1.82, 2.24) is 5.23 Å². The fourth-order valence-electron chi connectivity index (χ4n) is 3.42. The Morgan fingerprint density at radius 3 is 2.55 bits per heavy atom. The van der Waals surface area contributed by atoms with E-state index in [1.54, 1.807) is 0 Å². The molecule has 0 aromatic heterocycles. The Hall–Kier alpha value is -0.620. The average molecular weight is 311 g/mol. The minimum absolute atomic E-state index is 0.0210. The molecular formula is C17H31N2O3-. The Balaban J connectivity index is 1.94. The van der Waals surface area contributed by atoms with Crippen LogP contribution in [0.2, 0.25) is 0 Å². The Bertz CT molecular complexity index is 430. The highest BCUT2D eigenvalue weighted by atomic mass is 16.9. The first kappa shape index (κ1) is 17.7. The number of aliphatic hydroxyl groups is 1. The summed E-state index contributed by atoms with van der Waals surface area (Å²) in [4.78, 5) is 5.47. The van der Waals surface area contributed by atoms with Crippen LogP contribution in [0.3, 0.4) is 0 Å². The molecule has 5 heteroatoms. The number of hydrogen-bond acceptors (Lipinski definition) is 5. The van der Waals surface area contributed by atoms with Gasteiger partial charge in [-0.15, -0.1) is 0 Å². The van der Waals surface area contributed by atoms with Crippen molar-refractivity contribution in [3.8, 4) is 0 Å². The third-order valence-electron chi connectivity index (χ3n) is 4.87. The topological polar surface area (TPSA) is 81.8 Å². The molecule has 1 fully saturated rings. The van der Waals surface area contributed by atoms with Crippen LogP contribution in [0.4, 0.5) is 0 Å². The molecule has 0 heterocycles. The van der Waals surface area contributed by atoms with E-state index in [-0.39, 0.29) is 23.9 Å². The third kappa shape index (κ3) is 4.02. The van der Waals surface area contributed by atoms with Gasteiger partial charge in [-0.2, -0.15) is 0 Å². The zero-order valence-corrected chi connectivity index (χ0v) is 14.5. The lowest BCUT2D eigenvalue weighted by atomic mass is 9.80. The Morgan fingerprint density at radius 2 is 2.05 bits per heavy atom. The van der Waals surface area contributed by atoms with Crippen molar-refractivity contribution < 1.29 is 9.94 Å². The number of aliphatic hydroxyl groups excluding tert-OH is 1. The van der Waals surface area contributed by atoms with Gasteiger partial charge in [0.25, 0.3) is 0 Å². The minimum Gasteiger partial charge on any atom is -0.761 e. The van der Waals surface area contributed by atoms with Gasteiger partial charge in [-0.05, 0) is 42.6 Å². The van der Waals surface area contributed by atoms with Gasteiger partial charge in [0.2, 0.25) is 0 Å². The van der Waals surface area contributed by atoms with E-state index in [1.807, 2.05) is 19.9 Å². The Labute approximate surface area is 134 Å². The Morgan fingerprint density at radius 1 is 1.41 bits per heavy atom. The maximum atomic E-state index is 12.5. The van der Waals surface area contributed by atoms with Crippen molar-refractivity contribution in [1.29, 1.82) is 0 Å². The molecule has 0 radical (unpaired) electrons. The normalized spacial score (nSPS) is 31.0. The number of hydroxylamine groups is 2. The van der Waals surface area contributed by atoms with Crippen LogP contribution in [0.15, 0.2) is 11.8 Å². The first-order chi connectivity index (χ1) is 10.0. The van der Waals surface area contributed by atoms with E-state index >= 15 is 0 Å². The van der Waals surface area contributed by atoms with Crippen LogP contribution < -0.4 is 5.73 Å². The molecule has 4 unspecified atom stereocenters. The number of allylic oxidation sites excluding steroid dienone is 1. The molecule has 0 amide bonds. The van der Waals surface area contributed by atoms with Gasteiger partial charge in [0.1, 0.15) is 0 Å². The summed E-state index contributed by atoms with van der Waals surface area (Å²) in [6, 6.07) is 0. The summed E-state index contributed by atoms with van der Waals surface area (Å²) in [7, 11) is 0. The first-order valence-electron chi connectivity index (χ1n) is 8.33. The lowest BCUT2D eigenvalue weighted by molar-refractivity contribution is -0.214. The standard InChI is InChI=1S/C17H31N2O3/c1-11(2)17(18,10-16(3,4)5)19(21)22-9-12-6-13-8-14(13)15(20)7-12/h7,11-14,20H,6,8-10,18H2,1-5H3/q-1. The fourth-order valence-corrected chi connectivity index (χ4v) is 3.42. The highest BCUT2D eigenvalue weighted by Crippen LogP contribution is 2.51. The largest absolute Gasteiger partial charge is 0.761 e. The molecule has 0 saturated heterocycles. The van der Waals surface area contributed by atoms with Crippen molar-refractivity contribution in [2.24, 2.45) is 34.8 Å². The van der Waals surface area contributed by atoms with Crippen LogP contribution in [0.5, 0.6) is 0 Å². The van der Waals surface area contributed by atoms with E-state index in [1.165, 1.54) is 0 Å². The molecule has 2 aliphatic rings. The monoisotopic (exact) mass is 311 g/mol. The molecule has 1 saturated carbocycles. The van der Waals surface area contributed by atoms with E-state index in [0.29, 0.717) is 29.2 Å². The SMILES string of the molecule is CC(C)C(N)(CC(C)(C)C)N([O-])OCC1C=C(O)C2CC2C1. The first-order valence-corrected chi connectivity index (χ1v) is 8.33. The summed E-state index contributed by atoms with van der Waals surface area (Å²) >= 11 is 0. The van der Waals surface area contributed by atoms with Gasteiger partial charge >= 0.3 is 0 Å². The number of rotatable bonds is 6. The molecule has 128 valence electrons. The molecule has 22 heavy (non-hydrogen) atoms. The van der Waals surface area contributed by atoms with Gasteiger partial charge in [-0.25, -0.2) is 5.23 Å². The van der Waals surface area contributed by atoms with Gasteiger partial charge in [0, 0.05) is 11.8 Å². The molecule has 0 aliphatic heterocycles. The van der Waals surface area contributed by atoms with E-state index in [4.69, 9.17) is 10.6 Å². The summed E-state index contributed by atoms with van der Waals surface area (Å²) < 4.78 is 0. The summed E-state index contributed by atoms with van der Waals surface area (Å²) in [6.07, 6.45) is 4.45. The van der Waals surface area contributed by atoms with Gasteiger partial charge in [-0.3, -0.25) is 0 Å². The van der Waals surface area contributed by atoms with Crippen molar-refractivity contribution in [3.63, 3.8) is 0 Å². The molecule has 0 aromatic carbocycles. The number of nitrogens with zero attached hydrogens (tertiary/aromatic N) is 1. The van der Waals surface area contributed by atoms with E-state index in [2.05, 4.69) is 20.8 Å². The van der Waals surface area contributed by atoms with Crippen LogP contribution >= 0.6 is 0 Å². The smallest absolute Gasteiger partial charge is 0.0920 e. The number of nitrogens with two attached hydrogens (primary N) is 1. The van der Waals surface area contributed by atoms with Crippen molar-refractivity contribution in [2.45, 2.75) is 59.5 Å². The van der Waals surface area contributed by atoms with Crippen LogP contribution in [0.25, 0.3) is 0 Å². The zero-order chi connectivity index (χ0) is 16.7. The molecule has 2 rings (SSSR count). The maximum Gasteiger partial charge on any atom is 0.0920 e. The molecule has 4 atom stereocenters. The highest BCUT2D eigenvalue weighted by Gasteiger charge is 2.44. The van der Waals surface area contributed by atoms with Crippen molar-refractivity contribution in [3.05, 3.63) is 17.0 Å². The lowest BCUT2D eigenvalue weighted by Gasteiger charge is -2.50. The van der Waals surface area contributed by atoms with Crippen LogP contribution in [0.1, 0.15) is 53.9 Å². The molecule has 0 spiro atoms. The lowest BCUT2D eigenvalue weighted by Crippen LogP contribution is -2.59. The van der Waals surface area contributed by atoms with Crippen LogP contribution in [-0.2, 0) is 4.84 Å². The minimum atomic E-state index is -1.04. The third-order valence-corrected chi connectivity index (χ3v) is 4.87. The predicted octanol–water partition coefficient (Wildman–Crippen LogP) is 3.56. The second-order valence-electron chi connectivity index (χ2n) is 8.63. The summed E-state index contributed by atoms with van der Waals surface area (Å²) in [5.41, 5.74) is 5.27. The fraction of sp³-hybridized carbons (Fsp3) is 0.882. The average Bonchev–Trinajstić information content (AvgIpc) is 3.13. The van der Waals surface area contributed by atoms with E-state index in [9.17, 15) is 10.3 Å². The molecule has 2 aliphatic carbocycles. The number of fused-ring (bicyclic) bond motifs is 1. The molecule has 5 nitrogen and oxygen atoms in total. The van der Waals surface area contributed by atoms with Crippen molar-refractivity contribution in [2.75, 3.05) is 6.61 Å². The zero-order valence-electron chi connectivity index (χ0n) is 14.5. The van der Waals surface area contributed by atoms with Gasteiger partial charge in [0.05, 0.1) is 18.0 Å². The van der Waals surface area contributed by atoms with E-state index in [0.717, 1.165) is 12.8 Å². The second kappa shape index (κ2) is 6.11. The highest BCUT2D eigenvalue weighted by molar-refractivity contribution is 5.15. The summed E-state index contributed by atoms with van der Waals surface area (Å²) in [5.74, 6) is 1.49. The molecule has 0 aromatic rings.